The van der Waals surface area contributed by atoms with Gasteiger partial charge in [0.1, 0.15) is 5.70 Å². The van der Waals surface area contributed by atoms with E-state index >= 15 is 0 Å². The topological polar surface area (TPSA) is 34.5 Å². The summed E-state index contributed by atoms with van der Waals surface area (Å²) in [6.45, 7) is 4.36. The van der Waals surface area contributed by atoms with Gasteiger partial charge in [0.05, 0.1) is 23.7 Å². The van der Waals surface area contributed by atoms with E-state index in [1.807, 2.05) is 6.07 Å². The van der Waals surface area contributed by atoms with Crippen LogP contribution < -0.4 is 0 Å². The number of halogens is 1. The molecule has 2 aromatic rings. The van der Waals surface area contributed by atoms with E-state index in [1.165, 1.54) is 23.8 Å². The van der Waals surface area contributed by atoms with E-state index in [-0.39, 0.29) is 17.4 Å². The second kappa shape index (κ2) is 5.61. The summed E-state index contributed by atoms with van der Waals surface area (Å²) in [6.07, 6.45) is 4.08. The van der Waals surface area contributed by atoms with Gasteiger partial charge in [0.2, 0.25) is 0 Å². The van der Waals surface area contributed by atoms with Crippen LogP contribution in [0.25, 0.3) is 16.6 Å². The van der Waals surface area contributed by atoms with E-state index in [1.54, 1.807) is 0 Å². The van der Waals surface area contributed by atoms with Gasteiger partial charge in [-0.05, 0) is 43.9 Å². The first-order valence-corrected chi connectivity index (χ1v) is 9.87. The third-order valence-electron chi connectivity index (χ3n) is 6.76. The maximum atomic E-state index is 12.8. The van der Waals surface area contributed by atoms with Gasteiger partial charge < -0.3 is 9.30 Å². The predicted octanol–water partition coefficient (Wildman–Crippen LogP) is 4.32. The molecule has 26 heavy (non-hydrogen) atoms. The Hall–Kier alpha value is -1.78. The fourth-order valence-corrected chi connectivity index (χ4v) is 6.12. The molecule has 4 nitrogen and oxygen atoms in total. The number of para-hydroxylation sites is 1. The summed E-state index contributed by atoms with van der Waals surface area (Å²) in [6, 6.07) is 8.62. The Morgan fingerprint density at radius 1 is 1.35 bits per heavy atom. The molecule has 3 aliphatic heterocycles. The minimum Gasteiger partial charge on any atom is -0.464 e. The molecule has 2 atom stereocenters. The van der Waals surface area contributed by atoms with Crippen molar-refractivity contribution in [3.05, 3.63) is 40.6 Å². The van der Waals surface area contributed by atoms with Gasteiger partial charge in [-0.1, -0.05) is 36.7 Å². The van der Waals surface area contributed by atoms with Crippen LogP contribution >= 0.6 is 11.6 Å². The van der Waals surface area contributed by atoms with E-state index in [0.29, 0.717) is 10.7 Å². The molecule has 0 unspecified atom stereocenters. The highest BCUT2D eigenvalue weighted by atomic mass is 35.5. The molecule has 1 aromatic carbocycles. The number of carbonyl (C=O) groups excluding carboxylic acids is 1. The molecule has 0 aliphatic carbocycles. The smallest absolute Gasteiger partial charge is 0.356 e. The van der Waals surface area contributed by atoms with E-state index in [4.69, 9.17) is 16.3 Å². The zero-order chi connectivity index (χ0) is 18.1. The third-order valence-corrected chi connectivity index (χ3v) is 7.32. The van der Waals surface area contributed by atoms with Gasteiger partial charge in [0.15, 0.2) is 0 Å². The second-order valence-electron chi connectivity index (χ2n) is 7.67. The number of esters is 1. The summed E-state index contributed by atoms with van der Waals surface area (Å²) < 4.78 is 7.28. The van der Waals surface area contributed by atoms with Crippen molar-refractivity contribution in [2.75, 3.05) is 20.2 Å². The lowest BCUT2D eigenvalue weighted by Gasteiger charge is -2.54. The summed E-state index contributed by atoms with van der Waals surface area (Å²) in [4.78, 5) is 15.4. The van der Waals surface area contributed by atoms with Crippen LogP contribution in [0.4, 0.5) is 0 Å². The van der Waals surface area contributed by atoms with E-state index in [0.717, 1.165) is 44.3 Å². The van der Waals surface area contributed by atoms with Crippen LogP contribution in [0.1, 0.15) is 43.5 Å². The first kappa shape index (κ1) is 16.4. The second-order valence-corrected chi connectivity index (χ2v) is 8.05. The van der Waals surface area contributed by atoms with Crippen LogP contribution in [0, 0.1) is 5.41 Å². The van der Waals surface area contributed by atoms with Crippen LogP contribution in [0.5, 0.6) is 0 Å². The number of benzene rings is 1. The van der Waals surface area contributed by atoms with E-state index in [2.05, 4.69) is 34.6 Å². The average molecular weight is 371 g/mol. The van der Waals surface area contributed by atoms with Crippen molar-refractivity contribution in [1.82, 2.24) is 9.47 Å². The van der Waals surface area contributed by atoms with Crippen LogP contribution in [0.3, 0.4) is 0 Å². The zero-order valence-corrected chi connectivity index (χ0v) is 16.0. The van der Waals surface area contributed by atoms with Gasteiger partial charge in [-0.15, -0.1) is 0 Å². The van der Waals surface area contributed by atoms with Crippen LogP contribution in [-0.2, 0) is 16.0 Å². The van der Waals surface area contributed by atoms with Gasteiger partial charge in [0, 0.05) is 23.0 Å². The van der Waals surface area contributed by atoms with Crippen molar-refractivity contribution >= 4 is 34.2 Å². The number of piperidine rings is 1. The summed E-state index contributed by atoms with van der Waals surface area (Å²) in [5.74, 6) is -0.340. The fourth-order valence-electron chi connectivity index (χ4n) is 5.63. The number of carbonyl (C=O) groups is 1. The maximum absolute atomic E-state index is 12.8. The van der Waals surface area contributed by atoms with Gasteiger partial charge in [-0.2, -0.15) is 0 Å². The molecule has 5 heteroatoms. The predicted molar refractivity (Wildman–Crippen MR) is 103 cm³/mol. The van der Waals surface area contributed by atoms with Crippen LogP contribution in [-0.4, -0.2) is 35.6 Å². The number of hydrogen-bond acceptors (Lipinski definition) is 3. The largest absolute Gasteiger partial charge is 0.464 e. The van der Waals surface area contributed by atoms with E-state index < -0.39 is 0 Å². The molecule has 4 heterocycles. The Morgan fingerprint density at radius 2 is 2.15 bits per heavy atom. The molecular weight excluding hydrogens is 348 g/mol. The number of rotatable bonds is 2. The van der Waals surface area contributed by atoms with Gasteiger partial charge in [0.25, 0.3) is 0 Å². The lowest BCUT2D eigenvalue weighted by atomic mass is 9.66. The van der Waals surface area contributed by atoms with Crippen molar-refractivity contribution in [1.29, 1.82) is 0 Å². The molecule has 1 fully saturated rings. The van der Waals surface area contributed by atoms with Crippen LogP contribution in [0.2, 0.25) is 0 Å². The number of aromatic nitrogens is 1. The van der Waals surface area contributed by atoms with Crippen molar-refractivity contribution < 1.29 is 9.53 Å². The number of methoxy groups -OCH3 is 1. The highest BCUT2D eigenvalue weighted by Gasteiger charge is 2.55. The molecular formula is C21H23ClN2O2. The first-order chi connectivity index (χ1) is 12.6. The molecule has 5 rings (SSSR count). The fraction of sp³-hybridized carbons (Fsp3) is 0.476. The number of nitrogens with zero attached hydrogens (tertiary/aromatic N) is 2. The van der Waals surface area contributed by atoms with Gasteiger partial charge in [-0.3, -0.25) is 4.90 Å². The van der Waals surface area contributed by atoms with Crippen molar-refractivity contribution in [3.8, 4) is 0 Å². The summed E-state index contributed by atoms with van der Waals surface area (Å²) >= 11 is 7.04. The molecule has 3 aliphatic rings. The molecule has 0 spiro atoms. The Balaban J connectivity index is 1.94. The maximum Gasteiger partial charge on any atom is 0.356 e. The minimum atomic E-state index is -0.340. The quantitative estimate of drug-likeness (QED) is 0.738. The van der Waals surface area contributed by atoms with E-state index in [9.17, 15) is 4.79 Å². The Bertz CT molecular complexity index is 960. The number of fused-ring (bicyclic) bond motifs is 3. The zero-order valence-electron chi connectivity index (χ0n) is 15.2. The number of hydrogen-bond donors (Lipinski definition) is 0. The highest BCUT2D eigenvalue weighted by molar-refractivity contribution is 6.38. The molecule has 0 bridgehead atoms. The third kappa shape index (κ3) is 1.82. The first-order valence-electron chi connectivity index (χ1n) is 9.49. The van der Waals surface area contributed by atoms with Crippen molar-refractivity contribution in [3.63, 3.8) is 0 Å². The molecule has 0 N–H and O–H groups in total. The standard InChI is InChI=1S/C21H23ClN2O2/c1-3-21-10-6-11-23-12-9-14-13-7-4-5-8-15(13)24(16(14)19(21)23)17(18(21)22)20(25)26-2/h4-5,7-8,19H,3,6,9-12H2,1-2H3/t19-,21+/m1/s1. The highest BCUT2D eigenvalue weighted by Crippen LogP contribution is 2.61. The van der Waals surface area contributed by atoms with Crippen molar-refractivity contribution in [2.24, 2.45) is 5.41 Å². The SMILES string of the molecule is CC[C@]12CCCN3CCc4c(n(c5ccccc45)C(C(=O)OC)=C1Cl)[C@@H]32. The average Bonchev–Trinajstić information content (AvgIpc) is 3.02. The number of ether oxygens (including phenoxy) is 1. The van der Waals surface area contributed by atoms with Crippen LogP contribution in [0.15, 0.2) is 29.3 Å². The molecule has 1 aromatic heterocycles. The van der Waals surface area contributed by atoms with Crippen molar-refractivity contribution in [2.45, 2.75) is 38.6 Å². The van der Waals surface area contributed by atoms with Gasteiger partial charge in [-0.25, -0.2) is 4.79 Å². The molecule has 0 radical (unpaired) electrons. The molecule has 0 amide bonds. The van der Waals surface area contributed by atoms with Gasteiger partial charge >= 0.3 is 5.97 Å². The monoisotopic (exact) mass is 370 g/mol. The summed E-state index contributed by atoms with van der Waals surface area (Å²) in [5.41, 5.74) is 4.04. The lowest BCUT2D eigenvalue weighted by molar-refractivity contribution is -0.134. The molecule has 0 saturated carbocycles. The minimum absolute atomic E-state index is 0.192. The molecule has 136 valence electrons. The Kier molecular flexibility index (Phi) is 3.54. The normalized spacial score (nSPS) is 27.6. The lowest BCUT2D eigenvalue weighted by Crippen LogP contribution is -2.52. The Morgan fingerprint density at radius 3 is 2.92 bits per heavy atom. The Labute approximate surface area is 158 Å². The molecule has 1 saturated heterocycles. The summed E-state index contributed by atoms with van der Waals surface area (Å²) in [7, 11) is 1.44. The summed E-state index contributed by atoms with van der Waals surface area (Å²) in [5, 5.41) is 1.92.